The van der Waals surface area contributed by atoms with E-state index >= 15 is 0 Å². The fourth-order valence-corrected chi connectivity index (χ4v) is 2.50. The Balaban J connectivity index is 1.89. The molecule has 1 aromatic heterocycles. The average Bonchev–Trinajstić information content (AvgIpc) is 2.55. The molecule has 2 aromatic rings. The van der Waals surface area contributed by atoms with E-state index in [1.807, 2.05) is 31.2 Å². The topological polar surface area (TPSA) is 57.3 Å². The number of nitrogens with one attached hydrogen (secondary N) is 2. The molecule has 1 aromatic carbocycles. The summed E-state index contributed by atoms with van der Waals surface area (Å²) >= 11 is 3.47. The second kappa shape index (κ2) is 8.80. The van der Waals surface area contributed by atoms with Crippen LogP contribution in [0.2, 0.25) is 0 Å². The molecule has 2 N–H and O–H groups in total. The minimum absolute atomic E-state index is 0.169. The van der Waals surface area contributed by atoms with E-state index in [4.69, 9.17) is 0 Å². The number of hydrogen-bond acceptors (Lipinski definition) is 4. The summed E-state index contributed by atoms with van der Waals surface area (Å²) in [5.74, 6) is 0.612. The third kappa shape index (κ3) is 5.62. The SMILES string of the molecule is Cc1ccc(NC(=O)c2ccc(NCCCN(C)C)nc2)cc1Br. The van der Waals surface area contributed by atoms with Gasteiger partial charge in [-0.25, -0.2) is 4.98 Å². The van der Waals surface area contributed by atoms with Crippen LogP contribution in [0.1, 0.15) is 22.3 Å². The third-order valence-corrected chi connectivity index (χ3v) is 4.40. The van der Waals surface area contributed by atoms with Crippen molar-refractivity contribution in [2.45, 2.75) is 13.3 Å². The number of pyridine rings is 1. The molecule has 2 rings (SSSR count). The number of aryl methyl sites for hydroxylation is 1. The molecule has 0 saturated heterocycles. The molecule has 1 amide bonds. The Morgan fingerprint density at radius 2 is 2.04 bits per heavy atom. The normalized spacial score (nSPS) is 10.7. The number of amides is 1. The lowest BCUT2D eigenvalue weighted by molar-refractivity contribution is 0.102. The van der Waals surface area contributed by atoms with Crippen LogP contribution in [0.25, 0.3) is 0 Å². The summed E-state index contributed by atoms with van der Waals surface area (Å²) in [7, 11) is 4.11. The van der Waals surface area contributed by atoms with Gasteiger partial charge in [-0.3, -0.25) is 4.79 Å². The summed E-state index contributed by atoms with van der Waals surface area (Å²) in [6.07, 6.45) is 2.63. The Kier molecular flexibility index (Phi) is 6.75. The van der Waals surface area contributed by atoms with E-state index in [0.29, 0.717) is 5.56 Å². The molecule has 24 heavy (non-hydrogen) atoms. The molecule has 128 valence electrons. The van der Waals surface area contributed by atoms with Crippen LogP contribution in [0.4, 0.5) is 11.5 Å². The van der Waals surface area contributed by atoms with Crippen LogP contribution in [-0.2, 0) is 0 Å². The number of anilines is 2. The lowest BCUT2D eigenvalue weighted by Crippen LogP contribution is -2.17. The summed E-state index contributed by atoms with van der Waals surface area (Å²) in [6.45, 7) is 3.89. The molecule has 0 aliphatic rings. The van der Waals surface area contributed by atoms with Crippen molar-refractivity contribution < 1.29 is 4.79 Å². The van der Waals surface area contributed by atoms with Crippen molar-refractivity contribution in [2.75, 3.05) is 37.8 Å². The van der Waals surface area contributed by atoms with Gasteiger partial charge in [0, 0.05) is 22.9 Å². The van der Waals surface area contributed by atoms with Crippen molar-refractivity contribution in [3.8, 4) is 0 Å². The van der Waals surface area contributed by atoms with Gasteiger partial charge in [-0.1, -0.05) is 22.0 Å². The predicted octanol–water partition coefficient (Wildman–Crippen LogP) is 3.77. The van der Waals surface area contributed by atoms with Gasteiger partial charge in [-0.15, -0.1) is 0 Å². The van der Waals surface area contributed by atoms with Crippen molar-refractivity contribution in [3.63, 3.8) is 0 Å². The number of carbonyl (C=O) groups is 1. The van der Waals surface area contributed by atoms with Gasteiger partial charge in [-0.05, 0) is 63.8 Å². The Morgan fingerprint density at radius 3 is 2.67 bits per heavy atom. The molecule has 5 nitrogen and oxygen atoms in total. The van der Waals surface area contributed by atoms with E-state index in [1.54, 1.807) is 12.3 Å². The second-order valence-electron chi connectivity index (χ2n) is 5.93. The molecule has 0 atom stereocenters. The van der Waals surface area contributed by atoms with Gasteiger partial charge in [0.05, 0.1) is 5.56 Å². The zero-order chi connectivity index (χ0) is 17.5. The Bertz CT molecular complexity index is 686. The standard InChI is InChI=1S/C18H23BrN4O/c1-13-5-7-15(11-16(13)19)22-18(24)14-6-8-17(21-12-14)20-9-4-10-23(2)3/h5-8,11-12H,4,9-10H2,1-3H3,(H,20,21)(H,22,24). The Labute approximate surface area is 151 Å². The van der Waals surface area contributed by atoms with Gasteiger partial charge in [0.25, 0.3) is 5.91 Å². The van der Waals surface area contributed by atoms with Crippen LogP contribution in [-0.4, -0.2) is 43.0 Å². The summed E-state index contributed by atoms with van der Waals surface area (Å²) < 4.78 is 0.968. The molecule has 0 fully saturated rings. The summed E-state index contributed by atoms with van der Waals surface area (Å²) in [4.78, 5) is 18.7. The van der Waals surface area contributed by atoms with Gasteiger partial charge < -0.3 is 15.5 Å². The van der Waals surface area contributed by atoms with Crippen molar-refractivity contribution in [2.24, 2.45) is 0 Å². The quantitative estimate of drug-likeness (QED) is 0.706. The second-order valence-corrected chi connectivity index (χ2v) is 6.79. The average molecular weight is 391 g/mol. The molecule has 0 bridgehead atoms. The van der Waals surface area contributed by atoms with E-state index in [-0.39, 0.29) is 5.91 Å². The van der Waals surface area contributed by atoms with Gasteiger partial charge >= 0.3 is 0 Å². The zero-order valence-corrected chi connectivity index (χ0v) is 15.9. The molecule has 1 heterocycles. The van der Waals surface area contributed by atoms with E-state index in [2.05, 4.69) is 50.5 Å². The van der Waals surface area contributed by atoms with Crippen molar-refractivity contribution >= 4 is 33.3 Å². The first-order valence-corrected chi connectivity index (χ1v) is 8.67. The monoisotopic (exact) mass is 390 g/mol. The molecule has 0 aliphatic heterocycles. The number of rotatable bonds is 7. The Morgan fingerprint density at radius 1 is 1.25 bits per heavy atom. The molecule has 6 heteroatoms. The fraction of sp³-hybridized carbons (Fsp3) is 0.333. The highest BCUT2D eigenvalue weighted by molar-refractivity contribution is 9.10. The van der Waals surface area contributed by atoms with Crippen LogP contribution in [0.5, 0.6) is 0 Å². The highest BCUT2D eigenvalue weighted by Crippen LogP contribution is 2.21. The van der Waals surface area contributed by atoms with E-state index in [0.717, 1.165) is 41.1 Å². The van der Waals surface area contributed by atoms with Crippen molar-refractivity contribution in [1.82, 2.24) is 9.88 Å². The number of halogens is 1. The minimum Gasteiger partial charge on any atom is -0.370 e. The minimum atomic E-state index is -0.169. The summed E-state index contributed by atoms with van der Waals surface area (Å²) in [6, 6.07) is 9.33. The lowest BCUT2D eigenvalue weighted by atomic mass is 10.2. The highest BCUT2D eigenvalue weighted by Gasteiger charge is 2.07. The van der Waals surface area contributed by atoms with Crippen molar-refractivity contribution in [1.29, 1.82) is 0 Å². The van der Waals surface area contributed by atoms with Gasteiger partial charge in [0.2, 0.25) is 0 Å². The predicted molar refractivity (Wildman–Crippen MR) is 103 cm³/mol. The van der Waals surface area contributed by atoms with Crippen LogP contribution in [0, 0.1) is 6.92 Å². The molecule has 0 spiro atoms. The number of hydrogen-bond donors (Lipinski definition) is 2. The van der Waals surface area contributed by atoms with Gasteiger partial charge in [0.15, 0.2) is 0 Å². The molecular formula is C18H23BrN4O. The number of benzene rings is 1. The smallest absolute Gasteiger partial charge is 0.257 e. The molecule has 0 unspecified atom stereocenters. The van der Waals surface area contributed by atoms with Crippen molar-refractivity contribution in [3.05, 3.63) is 52.1 Å². The number of aromatic nitrogens is 1. The first-order chi connectivity index (χ1) is 11.5. The third-order valence-electron chi connectivity index (χ3n) is 3.54. The van der Waals surface area contributed by atoms with E-state index in [9.17, 15) is 4.79 Å². The number of nitrogens with zero attached hydrogens (tertiary/aromatic N) is 2. The largest absolute Gasteiger partial charge is 0.370 e. The lowest BCUT2D eigenvalue weighted by Gasteiger charge is -2.10. The Hall–Kier alpha value is -1.92. The maximum Gasteiger partial charge on any atom is 0.257 e. The molecule has 0 aliphatic carbocycles. The summed E-state index contributed by atoms with van der Waals surface area (Å²) in [5, 5.41) is 6.13. The highest BCUT2D eigenvalue weighted by atomic mass is 79.9. The van der Waals surface area contributed by atoms with E-state index < -0.39 is 0 Å². The maximum absolute atomic E-state index is 12.3. The zero-order valence-electron chi connectivity index (χ0n) is 14.3. The summed E-state index contributed by atoms with van der Waals surface area (Å²) in [5.41, 5.74) is 2.41. The van der Waals surface area contributed by atoms with Crippen LogP contribution in [0.3, 0.4) is 0 Å². The van der Waals surface area contributed by atoms with Gasteiger partial charge in [0.1, 0.15) is 5.82 Å². The fourth-order valence-electron chi connectivity index (χ4n) is 2.12. The van der Waals surface area contributed by atoms with Crippen LogP contribution < -0.4 is 10.6 Å². The molecule has 0 saturated carbocycles. The first kappa shape index (κ1) is 18.4. The molecule has 0 radical (unpaired) electrons. The maximum atomic E-state index is 12.3. The first-order valence-electron chi connectivity index (χ1n) is 7.88. The molecular weight excluding hydrogens is 368 g/mol. The number of carbonyl (C=O) groups excluding carboxylic acids is 1. The van der Waals surface area contributed by atoms with Crippen LogP contribution >= 0.6 is 15.9 Å². The van der Waals surface area contributed by atoms with E-state index in [1.165, 1.54) is 0 Å². The van der Waals surface area contributed by atoms with Gasteiger partial charge in [-0.2, -0.15) is 0 Å². The van der Waals surface area contributed by atoms with Crippen LogP contribution in [0.15, 0.2) is 41.0 Å².